The van der Waals surface area contributed by atoms with E-state index in [1.807, 2.05) is 0 Å². The van der Waals surface area contributed by atoms with Gasteiger partial charge in [0.2, 0.25) is 29.5 Å². The number of nitrogens with two attached hydrogens (primary N) is 1. The first-order valence-electron chi connectivity index (χ1n) is 10.2. The molecule has 3 atom stereocenters. The van der Waals surface area contributed by atoms with E-state index in [0.29, 0.717) is 6.42 Å². The van der Waals surface area contributed by atoms with Crippen LogP contribution in [0.1, 0.15) is 19.3 Å². The highest BCUT2D eigenvalue weighted by molar-refractivity contribution is 8.00. The summed E-state index contributed by atoms with van der Waals surface area (Å²) in [6, 6.07) is -4.16. The second-order valence-electron chi connectivity index (χ2n) is 7.18. The van der Waals surface area contributed by atoms with Gasteiger partial charge in [0.05, 0.1) is 25.3 Å². The summed E-state index contributed by atoms with van der Waals surface area (Å²) in [5.41, 5.74) is 5.44. The SMILES string of the molecule is NCCC[C@@H]1NC(=O)CNC(=O)CSC[C@@H](C(=O)O)NC(=O)[C@H](CC(=O)O)NC(=O)CNC1=O. The molecule has 16 heteroatoms. The van der Waals surface area contributed by atoms with E-state index in [1.54, 1.807) is 0 Å². The molecule has 0 spiro atoms. The molecule has 1 rings (SSSR count). The minimum absolute atomic E-state index is 0.153. The molecule has 1 heterocycles. The van der Waals surface area contributed by atoms with E-state index in [0.717, 1.165) is 11.8 Å². The summed E-state index contributed by atoms with van der Waals surface area (Å²) < 4.78 is 0. The van der Waals surface area contributed by atoms with Gasteiger partial charge in [0.15, 0.2) is 0 Å². The van der Waals surface area contributed by atoms with Crippen molar-refractivity contribution >= 4 is 53.2 Å². The molecule has 0 radical (unpaired) electrons. The Balaban J connectivity index is 3.05. The Bertz CT molecular complexity index is 809. The summed E-state index contributed by atoms with van der Waals surface area (Å²) in [5.74, 6) is -7.31. The molecule has 190 valence electrons. The van der Waals surface area contributed by atoms with Crippen molar-refractivity contribution < 1.29 is 43.8 Å². The fourth-order valence-corrected chi connectivity index (χ4v) is 3.57. The molecule has 0 bridgehead atoms. The standard InChI is InChI=1S/C18H28N6O9S/c19-3-1-2-9-16(30)21-6-13(26)23-10(4-15(28)29)17(31)24-11(18(32)33)7-34-8-14(27)20-5-12(25)22-9/h9-11H,1-8,19H2,(H,20,27)(H,21,30)(H,22,25)(H,23,26)(H,24,31)(H,28,29)(H,32,33)/t9-,10-,11-/m0/s1. The second-order valence-corrected chi connectivity index (χ2v) is 8.21. The molecular formula is C18H28N6O9S. The average Bonchev–Trinajstić information content (AvgIpc) is 2.76. The van der Waals surface area contributed by atoms with Crippen LogP contribution in [-0.2, 0) is 33.6 Å². The van der Waals surface area contributed by atoms with Gasteiger partial charge in [-0.25, -0.2) is 4.79 Å². The summed E-state index contributed by atoms with van der Waals surface area (Å²) in [5, 5.41) is 29.6. The maximum absolute atomic E-state index is 12.5. The summed E-state index contributed by atoms with van der Waals surface area (Å²) in [6.07, 6.45) is -0.318. The Hall–Kier alpha value is -3.40. The lowest BCUT2D eigenvalue weighted by atomic mass is 10.1. The van der Waals surface area contributed by atoms with Gasteiger partial charge in [-0.15, -0.1) is 11.8 Å². The highest BCUT2D eigenvalue weighted by Crippen LogP contribution is 2.05. The van der Waals surface area contributed by atoms with Crippen LogP contribution in [-0.4, -0.2) is 101 Å². The monoisotopic (exact) mass is 504 g/mol. The smallest absolute Gasteiger partial charge is 0.327 e. The van der Waals surface area contributed by atoms with E-state index in [4.69, 9.17) is 10.8 Å². The number of carboxylic acid groups (broad SMARTS) is 2. The van der Waals surface area contributed by atoms with Gasteiger partial charge < -0.3 is 42.5 Å². The van der Waals surface area contributed by atoms with E-state index < -0.39 is 79.1 Å². The van der Waals surface area contributed by atoms with Crippen LogP contribution in [0.25, 0.3) is 0 Å². The molecule has 1 fully saturated rings. The molecule has 1 aliphatic heterocycles. The third-order valence-corrected chi connectivity index (χ3v) is 5.42. The molecule has 0 aromatic rings. The largest absolute Gasteiger partial charge is 0.481 e. The quantitative estimate of drug-likeness (QED) is 0.172. The Kier molecular flexibility index (Phi) is 12.4. The minimum Gasteiger partial charge on any atom is -0.481 e. The lowest BCUT2D eigenvalue weighted by molar-refractivity contribution is -0.143. The van der Waals surface area contributed by atoms with E-state index in [-0.39, 0.29) is 24.5 Å². The molecule has 9 N–H and O–H groups in total. The summed E-state index contributed by atoms with van der Waals surface area (Å²) in [6.45, 7) is -0.855. The fraction of sp³-hybridized carbons (Fsp3) is 0.611. The van der Waals surface area contributed by atoms with Crippen LogP contribution in [0.3, 0.4) is 0 Å². The first-order chi connectivity index (χ1) is 16.0. The molecule has 1 saturated heterocycles. The van der Waals surface area contributed by atoms with Crippen molar-refractivity contribution in [2.75, 3.05) is 31.1 Å². The van der Waals surface area contributed by atoms with Crippen LogP contribution in [0.2, 0.25) is 0 Å². The highest BCUT2D eigenvalue weighted by Gasteiger charge is 2.29. The molecule has 34 heavy (non-hydrogen) atoms. The molecule has 0 saturated carbocycles. The lowest BCUT2D eigenvalue weighted by Crippen LogP contribution is -2.55. The number of amides is 5. The predicted octanol–water partition coefficient (Wildman–Crippen LogP) is -4.28. The van der Waals surface area contributed by atoms with Crippen LogP contribution in [0.5, 0.6) is 0 Å². The third-order valence-electron chi connectivity index (χ3n) is 4.38. The molecule has 0 aromatic heterocycles. The van der Waals surface area contributed by atoms with Crippen LogP contribution in [0.15, 0.2) is 0 Å². The van der Waals surface area contributed by atoms with Crippen LogP contribution >= 0.6 is 11.8 Å². The van der Waals surface area contributed by atoms with Gasteiger partial charge in [0.25, 0.3) is 0 Å². The van der Waals surface area contributed by atoms with Crippen molar-refractivity contribution in [2.24, 2.45) is 5.73 Å². The second kappa shape index (κ2) is 14.7. The van der Waals surface area contributed by atoms with Crippen LogP contribution < -0.4 is 32.3 Å². The Morgan fingerprint density at radius 2 is 1.50 bits per heavy atom. The van der Waals surface area contributed by atoms with Crippen molar-refractivity contribution in [3.8, 4) is 0 Å². The number of carboxylic acids is 2. The number of aliphatic carboxylic acids is 2. The third kappa shape index (κ3) is 11.0. The molecule has 15 nitrogen and oxygen atoms in total. The maximum Gasteiger partial charge on any atom is 0.327 e. The Morgan fingerprint density at radius 3 is 2.09 bits per heavy atom. The number of thioether (sulfide) groups is 1. The van der Waals surface area contributed by atoms with E-state index in [1.165, 1.54) is 0 Å². The zero-order chi connectivity index (χ0) is 25.7. The van der Waals surface area contributed by atoms with E-state index >= 15 is 0 Å². The fourth-order valence-electron chi connectivity index (χ4n) is 2.70. The minimum atomic E-state index is -1.62. The van der Waals surface area contributed by atoms with Gasteiger partial charge in [-0.2, -0.15) is 0 Å². The molecule has 0 unspecified atom stereocenters. The van der Waals surface area contributed by atoms with Crippen molar-refractivity contribution in [3.63, 3.8) is 0 Å². The number of carbonyl (C=O) groups excluding carboxylic acids is 5. The van der Waals surface area contributed by atoms with Gasteiger partial charge >= 0.3 is 11.9 Å². The molecular weight excluding hydrogens is 476 g/mol. The summed E-state index contributed by atoms with van der Waals surface area (Å²) in [4.78, 5) is 83.7. The topological polar surface area (TPSA) is 246 Å². The number of hydrogen-bond donors (Lipinski definition) is 8. The van der Waals surface area contributed by atoms with Gasteiger partial charge in [0.1, 0.15) is 18.1 Å². The molecule has 0 aliphatic carbocycles. The number of rotatable bonds is 6. The highest BCUT2D eigenvalue weighted by atomic mass is 32.2. The normalized spacial score (nSPS) is 23.8. The number of hydrogen-bond acceptors (Lipinski definition) is 9. The van der Waals surface area contributed by atoms with Gasteiger partial charge in [-0.05, 0) is 19.4 Å². The van der Waals surface area contributed by atoms with Crippen molar-refractivity contribution in [2.45, 2.75) is 37.4 Å². The van der Waals surface area contributed by atoms with Crippen LogP contribution in [0.4, 0.5) is 0 Å². The van der Waals surface area contributed by atoms with Gasteiger partial charge in [0, 0.05) is 5.75 Å². The average molecular weight is 505 g/mol. The summed E-state index contributed by atoms with van der Waals surface area (Å²) in [7, 11) is 0. The van der Waals surface area contributed by atoms with Gasteiger partial charge in [-0.3, -0.25) is 28.8 Å². The van der Waals surface area contributed by atoms with E-state index in [2.05, 4.69) is 26.6 Å². The van der Waals surface area contributed by atoms with E-state index in [9.17, 15) is 38.7 Å². The van der Waals surface area contributed by atoms with Crippen LogP contribution in [0, 0.1) is 0 Å². The maximum atomic E-state index is 12.5. The molecule has 0 aromatic carbocycles. The van der Waals surface area contributed by atoms with Crippen molar-refractivity contribution in [1.82, 2.24) is 26.6 Å². The first kappa shape index (κ1) is 28.6. The first-order valence-corrected chi connectivity index (χ1v) is 11.3. The molecule has 5 amide bonds. The number of carbonyl (C=O) groups is 7. The zero-order valence-corrected chi connectivity index (χ0v) is 18.9. The molecule has 1 aliphatic rings. The predicted molar refractivity (Wildman–Crippen MR) is 117 cm³/mol. The van der Waals surface area contributed by atoms with Gasteiger partial charge in [-0.1, -0.05) is 0 Å². The Morgan fingerprint density at radius 1 is 0.882 bits per heavy atom. The van der Waals surface area contributed by atoms with Crippen molar-refractivity contribution in [1.29, 1.82) is 0 Å². The lowest BCUT2D eigenvalue weighted by Gasteiger charge is -2.22. The Labute approximate surface area is 198 Å². The van der Waals surface area contributed by atoms with Crippen molar-refractivity contribution in [3.05, 3.63) is 0 Å². The zero-order valence-electron chi connectivity index (χ0n) is 18.1. The summed E-state index contributed by atoms with van der Waals surface area (Å²) >= 11 is 0.851. The number of nitrogens with one attached hydrogen (secondary N) is 5.